The number of anilines is 1. The number of hydrogen-bond donors (Lipinski definition) is 1. The van der Waals surface area contributed by atoms with E-state index in [0.717, 1.165) is 5.56 Å². The molecule has 3 nitrogen and oxygen atoms in total. The molecule has 0 saturated heterocycles. The fourth-order valence-electron chi connectivity index (χ4n) is 1.17. The van der Waals surface area contributed by atoms with Gasteiger partial charge in [0.05, 0.1) is 5.69 Å². The average Bonchev–Trinajstić information content (AvgIpc) is 2.32. The summed E-state index contributed by atoms with van der Waals surface area (Å²) in [6.07, 6.45) is 3.36. The van der Waals surface area contributed by atoms with Gasteiger partial charge in [-0.1, -0.05) is 17.8 Å². The Morgan fingerprint density at radius 1 is 1.25 bits per heavy atom. The van der Waals surface area contributed by atoms with Gasteiger partial charge in [-0.15, -0.1) is 0 Å². The highest BCUT2D eigenvalue weighted by atomic mass is 32.2. The molecule has 0 spiro atoms. The van der Waals surface area contributed by atoms with Gasteiger partial charge in [0.25, 0.3) is 0 Å². The van der Waals surface area contributed by atoms with Crippen LogP contribution in [0.5, 0.6) is 0 Å². The molecule has 0 radical (unpaired) electrons. The summed E-state index contributed by atoms with van der Waals surface area (Å²) in [7, 11) is 0. The van der Waals surface area contributed by atoms with Gasteiger partial charge in [0, 0.05) is 18.1 Å². The molecule has 0 aliphatic carbocycles. The molecule has 5 heteroatoms. The number of nitrogens with zero attached hydrogens (tertiary/aromatic N) is 2. The van der Waals surface area contributed by atoms with Crippen LogP contribution in [-0.4, -0.2) is 9.97 Å². The first-order valence-corrected chi connectivity index (χ1v) is 5.68. The maximum atomic E-state index is 13.1. The monoisotopic (exact) mass is 235 g/mol. The average molecular weight is 235 g/mol. The molecule has 0 amide bonds. The van der Waals surface area contributed by atoms with E-state index >= 15 is 0 Å². The van der Waals surface area contributed by atoms with Gasteiger partial charge in [0.1, 0.15) is 5.82 Å². The van der Waals surface area contributed by atoms with Gasteiger partial charge < -0.3 is 5.73 Å². The second-order valence-corrected chi connectivity index (χ2v) is 4.12. The van der Waals surface area contributed by atoms with E-state index in [2.05, 4.69) is 9.97 Å². The molecule has 2 aromatic rings. The van der Waals surface area contributed by atoms with Crippen LogP contribution < -0.4 is 5.73 Å². The van der Waals surface area contributed by atoms with Gasteiger partial charge in [-0.2, -0.15) is 0 Å². The van der Waals surface area contributed by atoms with Crippen molar-refractivity contribution < 1.29 is 4.39 Å². The van der Waals surface area contributed by atoms with Crippen molar-refractivity contribution in [1.82, 2.24) is 9.97 Å². The summed E-state index contributed by atoms with van der Waals surface area (Å²) in [5, 5.41) is 0.680. The minimum Gasteiger partial charge on any atom is -0.396 e. The molecule has 0 bridgehead atoms. The lowest BCUT2D eigenvalue weighted by Crippen LogP contribution is -1.92. The van der Waals surface area contributed by atoms with Gasteiger partial charge in [-0.25, -0.2) is 14.4 Å². The fraction of sp³-hybridized carbons (Fsp3) is 0.0909. The van der Waals surface area contributed by atoms with Crippen molar-refractivity contribution in [2.75, 3.05) is 5.73 Å². The van der Waals surface area contributed by atoms with E-state index < -0.39 is 0 Å². The lowest BCUT2D eigenvalue weighted by molar-refractivity contribution is 0.631. The molecule has 0 fully saturated rings. The smallest absolute Gasteiger partial charge is 0.187 e. The third-order valence-corrected chi connectivity index (χ3v) is 2.92. The van der Waals surface area contributed by atoms with Crippen LogP contribution in [0.25, 0.3) is 0 Å². The zero-order valence-corrected chi connectivity index (χ0v) is 9.25. The Hall–Kier alpha value is -1.62. The van der Waals surface area contributed by atoms with Gasteiger partial charge in [-0.3, -0.25) is 0 Å². The molecule has 82 valence electrons. The van der Waals surface area contributed by atoms with Crippen LogP contribution in [0.1, 0.15) is 5.56 Å². The summed E-state index contributed by atoms with van der Waals surface area (Å²) >= 11 is 1.46. The minimum atomic E-state index is -0.382. The lowest BCUT2D eigenvalue weighted by atomic mass is 10.2. The molecule has 0 aliphatic heterocycles. The van der Waals surface area contributed by atoms with Crippen molar-refractivity contribution in [2.24, 2.45) is 0 Å². The molecule has 2 N–H and O–H groups in total. The Balaban J connectivity index is 2.03. The molecule has 2 rings (SSSR count). The normalized spacial score (nSPS) is 10.3. The Kier molecular flexibility index (Phi) is 3.36. The van der Waals surface area contributed by atoms with E-state index in [1.165, 1.54) is 17.8 Å². The van der Waals surface area contributed by atoms with Crippen molar-refractivity contribution in [2.45, 2.75) is 10.9 Å². The van der Waals surface area contributed by atoms with Crippen molar-refractivity contribution in [1.29, 1.82) is 0 Å². The van der Waals surface area contributed by atoms with Crippen LogP contribution in [0.3, 0.4) is 0 Å². The number of aromatic nitrogens is 2. The summed E-state index contributed by atoms with van der Waals surface area (Å²) in [5.41, 5.74) is 6.43. The quantitative estimate of drug-likeness (QED) is 0.504. The van der Waals surface area contributed by atoms with Crippen molar-refractivity contribution in [3.8, 4) is 0 Å². The third-order valence-electron chi connectivity index (χ3n) is 1.97. The Morgan fingerprint density at radius 3 is 2.69 bits per heavy atom. The topological polar surface area (TPSA) is 51.8 Å². The molecule has 1 aromatic heterocycles. The van der Waals surface area contributed by atoms with Gasteiger partial charge in [-0.05, 0) is 23.8 Å². The molecule has 1 heterocycles. The van der Waals surface area contributed by atoms with E-state index in [1.54, 1.807) is 30.6 Å². The maximum Gasteiger partial charge on any atom is 0.187 e. The zero-order chi connectivity index (χ0) is 11.4. The number of benzene rings is 1. The molecule has 0 saturated carbocycles. The number of nitrogens with two attached hydrogens (primary N) is 1. The Bertz CT molecular complexity index is 476. The van der Waals surface area contributed by atoms with Gasteiger partial charge in [0.15, 0.2) is 5.16 Å². The van der Waals surface area contributed by atoms with Gasteiger partial charge >= 0.3 is 0 Å². The van der Waals surface area contributed by atoms with Crippen LogP contribution in [0.4, 0.5) is 10.1 Å². The van der Waals surface area contributed by atoms with E-state index in [-0.39, 0.29) is 11.5 Å². The van der Waals surface area contributed by atoms with Crippen molar-refractivity contribution in [3.05, 3.63) is 48.0 Å². The molecular formula is C11H10FN3S. The lowest BCUT2D eigenvalue weighted by Gasteiger charge is -2.02. The highest BCUT2D eigenvalue weighted by Gasteiger charge is 2.02. The largest absolute Gasteiger partial charge is 0.396 e. The fourth-order valence-corrected chi connectivity index (χ4v) is 1.91. The number of halogens is 1. The van der Waals surface area contributed by atoms with Crippen molar-refractivity contribution in [3.63, 3.8) is 0 Å². The van der Waals surface area contributed by atoms with Crippen molar-refractivity contribution >= 4 is 17.4 Å². The zero-order valence-electron chi connectivity index (χ0n) is 8.43. The van der Waals surface area contributed by atoms with Crippen LogP contribution in [0.2, 0.25) is 0 Å². The number of rotatable bonds is 3. The summed E-state index contributed by atoms with van der Waals surface area (Å²) in [5.74, 6) is 0.244. The van der Waals surface area contributed by atoms with Gasteiger partial charge in [0.2, 0.25) is 0 Å². The first-order chi connectivity index (χ1) is 7.75. The van der Waals surface area contributed by atoms with E-state index in [1.807, 2.05) is 0 Å². The Morgan fingerprint density at radius 2 is 2.00 bits per heavy atom. The number of nitrogen functional groups attached to an aromatic ring is 1. The summed E-state index contributed by atoms with van der Waals surface area (Å²) in [4.78, 5) is 8.13. The van der Waals surface area contributed by atoms with Crippen LogP contribution in [-0.2, 0) is 5.75 Å². The van der Waals surface area contributed by atoms with E-state index in [0.29, 0.717) is 10.9 Å². The second kappa shape index (κ2) is 4.94. The van der Waals surface area contributed by atoms with Crippen LogP contribution in [0, 0.1) is 5.82 Å². The molecule has 0 aliphatic rings. The summed E-state index contributed by atoms with van der Waals surface area (Å²) < 4.78 is 13.1. The predicted molar refractivity (Wildman–Crippen MR) is 62.4 cm³/mol. The first kappa shape index (κ1) is 10.9. The first-order valence-electron chi connectivity index (χ1n) is 4.69. The molecule has 0 atom stereocenters. The molecule has 1 aromatic carbocycles. The third kappa shape index (κ3) is 2.70. The van der Waals surface area contributed by atoms with Crippen LogP contribution >= 0.6 is 11.8 Å². The molecule has 16 heavy (non-hydrogen) atoms. The maximum absolute atomic E-state index is 13.1. The number of thioether (sulfide) groups is 1. The standard InChI is InChI=1S/C11H10FN3S/c12-9-6-8(2-3-10(9)13)7-16-11-14-4-1-5-15-11/h1-6H,7,13H2. The van der Waals surface area contributed by atoms with E-state index in [4.69, 9.17) is 5.73 Å². The van der Waals surface area contributed by atoms with Crippen LogP contribution in [0.15, 0.2) is 41.8 Å². The highest BCUT2D eigenvalue weighted by Crippen LogP contribution is 2.20. The molecular weight excluding hydrogens is 225 g/mol. The summed E-state index contributed by atoms with van der Waals surface area (Å²) in [6, 6.07) is 6.56. The summed E-state index contributed by atoms with van der Waals surface area (Å²) in [6.45, 7) is 0. The Labute approximate surface area is 96.9 Å². The highest BCUT2D eigenvalue weighted by molar-refractivity contribution is 7.98. The predicted octanol–water partition coefficient (Wildman–Crippen LogP) is 2.49. The molecule has 0 unspecified atom stereocenters. The number of hydrogen-bond acceptors (Lipinski definition) is 4. The second-order valence-electron chi connectivity index (χ2n) is 3.18. The SMILES string of the molecule is Nc1ccc(CSc2ncccn2)cc1F. The minimum absolute atomic E-state index is 0.171. The van der Waals surface area contributed by atoms with E-state index in [9.17, 15) is 4.39 Å².